The molecule has 1 heterocycles. The van der Waals surface area contributed by atoms with Gasteiger partial charge in [0.1, 0.15) is 5.82 Å². The molecule has 16 heavy (non-hydrogen) atoms. The summed E-state index contributed by atoms with van der Waals surface area (Å²) in [5, 5.41) is 3.29. The van der Waals surface area contributed by atoms with Gasteiger partial charge < -0.3 is 5.32 Å². The Labute approximate surface area is 97.1 Å². The zero-order chi connectivity index (χ0) is 11.6. The Hall–Kier alpha value is -0.890. The SMILES string of the molecule is CCC(C)CC1(c2ccccc2F)CNC1. The van der Waals surface area contributed by atoms with Gasteiger partial charge in [-0.25, -0.2) is 4.39 Å². The molecule has 0 aliphatic carbocycles. The van der Waals surface area contributed by atoms with E-state index in [4.69, 9.17) is 0 Å². The van der Waals surface area contributed by atoms with Gasteiger partial charge in [-0.1, -0.05) is 38.5 Å². The predicted molar refractivity (Wildman–Crippen MR) is 65.0 cm³/mol. The molecule has 1 nitrogen and oxygen atoms in total. The lowest BCUT2D eigenvalue weighted by atomic mass is 9.69. The van der Waals surface area contributed by atoms with E-state index < -0.39 is 0 Å². The molecule has 0 saturated carbocycles. The van der Waals surface area contributed by atoms with Crippen LogP contribution in [0, 0.1) is 11.7 Å². The summed E-state index contributed by atoms with van der Waals surface area (Å²) in [5.74, 6) is 0.606. The summed E-state index contributed by atoms with van der Waals surface area (Å²) < 4.78 is 13.8. The van der Waals surface area contributed by atoms with E-state index >= 15 is 0 Å². The minimum Gasteiger partial charge on any atom is -0.315 e. The summed E-state index contributed by atoms with van der Waals surface area (Å²) in [7, 11) is 0. The van der Waals surface area contributed by atoms with Crippen LogP contribution >= 0.6 is 0 Å². The first-order chi connectivity index (χ1) is 7.68. The van der Waals surface area contributed by atoms with Crippen molar-refractivity contribution in [3.8, 4) is 0 Å². The van der Waals surface area contributed by atoms with E-state index in [0.717, 1.165) is 31.5 Å². The van der Waals surface area contributed by atoms with Crippen LogP contribution in [0.5, 0.6) is 0 Å². The van der Waals surface area contributed by atoms with Gasteiger partial charge in [-0.15, -0.1) is 0 Å². The van der Waals surface area contributed by atoms with Crippen LogP contribution < -0.4 is 5.32 Å². The summed E-state index contributed by atoms with van der Waals surface area (Å²) in [6, 6.07) is 7.22. The minimum absolute atomic E-state index is 0.0424. The zero-order valence-electron chi connectivity index (χ0n) is 10.1. The molecule has 1 fully saturated rings. The maximum absolute atomic E-state index is 13.8. The average Bonchev–Trinajstić information content (AvgIpc) is 2.24. The van der Waals surface area contributed by atoms with Crippen molar-refractivity contribution in [3.05, 3.63) is 35.6 Å². The van der Waals surface area contributed by atoms with Crippen LogP contribution in [-0.2, 0) is 5.41 Å². The normalized spacial score (nSPS) is 20.2. The maximum Gasteiger partial charge on any atom is 0.127 e. The number of rotatable bonds is 4. The minimum atomic E-state index is -0.0488. The summed E-state index contributed by atoms with van der Waals surface area (Å²) in [4.78, 5) is 0. The molecule has 1 unspecified atom stereocenters. The molecule has 2 heteroatoms. The number of halogens is 1. The van der Waals surface area contributed by atoms with Crippen LogP contribution in [-0.4, -0.2) is 13.1 Å². The summed E-state index contributed by atoms with van der Waals surface area (Å²) >= 11 is 0. The van der Waals surface area contributed by atoms with Gasteiger partial charge in [-0.2, -0.15) is 0 Å². The van der Waals surface area contributed by atoms with Crippen LogP contribution in [0.25, 0.3) is 0 Å². The smallest absolute Gasteiger partial charge is 0.127 e. The van der Waals surface area contributed by atoms with Gasteiger partial charge in [-0.3, -0.25) is 0 Å². The Morgan fingerprint density at radius 2 is 2.06 bits per heavy atom. The third-order valence-corrected chi connectivity index (χ3v) is 3.81. The van der Waals surface area contributed by atoms with Crippen LogP contribution in [0.4, 0.5) is 4.39 Å². The topological polar surface area (TPSA) is 12.0 Å². The quantitative estimate of drug-likeness (QED) is 0.823. The van der Waals surface area contributed by atoms with Gasteiger partial charge in [0.15, 0.2) is 0 Å². The zero-order valence-corrected chi connectivity index (χ0v) is 10.1. The predicted octanol–water partition coefficient (Wildman–Crippen LogP) is 3.10. The molecule has 0 aromatic heterocycles. The van der Waals surface area contributed by atoms with E-state index in [9.17, 15) is 4.39 Å². The molecule has 1 aliphatic rings. The largest absolute Gasteiger partial charge is 0.315 e. The number of hydrogen-bond acceptors (Lipinski definition) is 1. The first kappa shape index (κ1) is 11.6. The fourth-order valence-electron chi connectivity index (χ4n) is 2.57. The third kappa shape index (κ3) is 1.99. The highest BCUT2D eigenvalue weighted by Gasteiger charge is 2.40. The highest BCUT2D eigenvalue weighted by molar-refractivity contribution is 5.31. The second-order valence-electron chi connectivity index (χ2n) is 5.08. The Bertz CT molecular complexity index is 358. The van der Waals surface area contributed by atoms with E-state index in [1.54, 1.807) is 12.1 Å². The van der Waals surface area contributed by atoms with Gasteiger partial charge in [0.05, 0.1) is 0 Å². The number of benzene rings is 1. The Morgan fingerprint density at radius 1 is 1.38 bits per heavy atom. The van der Waals surface area contributed by atoms with Gasteiger partial charge in [-0.05, 0) is 24.0 Å². The summed E-state index contributed by atoms with van der Waals surface area (Å²) in [6.07, 6.45) is 2.24. The van der Waals surface area contributed by atoms with Crippen molar-refractivity contribution in [2.45, 2.75) is 32.1 Å². The average molecular weight is 221 g/mol. The van der Waals surface area contributed by atoms with Crippen LogP contribution in [0.1, 0.15) is 32.3 Å². The van der Waals surface area contributed by atoms with Gasteiger partial charge >= 0.3 is 0 Å². The van der Waals surface area contributed by atoms with Crippen molar-refractivity contribution in [3.63, 3.8) is 0 Å². The van der Waals surface area contributed by atoms with Crippen LogP contribution in [0.2, 0.25) is 0 Å². The van der Waals surface area contributed by atoms with Crippen molar-refractivity contribution >= 4 is 0 Å². The molecule has 2 rings (SSSR count). The lowest BCUT2D eigenvalue weighted by molar-refractivity contribution is 0.214. The molecule has 0 amide bonds. The Balaban J connectivity index is 2.25. The first-order valence-corrected chi connectivity index (χ1v) is 6.14. The fraction of sp³-hybridized carbons (Fsp3) is 0.571. The molecule has 1 N–H and O–H groups in total. The van der Waals surface area contributed by atoms with Gasteiger partial charge in [0.25, 0.3) is 0 Å². The number of nitrogens with one attached hydrogen (secondary N) is 1. The summed E-state index contributed by atoms with van der Waals surface area (Å²) in [5.41, 5.74) is 0.940. The molecule has 88 valence electrons. The van der Waals surface area contributed by atoms with E-state index in [-0.39, 0.29) is 11.2 Å². The fourth-order valence-corrected chi connectivity index (χ4v) is 2.57. The second kappa shape index (κ2) is 4.54. The van der Waals surface area contributed by atoms with Crippen molar-refractivity contribution in [1.29, 1.82) is 0 Å². The van der Waals surface area contributed by atoms with Gasteiger partial charge in [0.2, 0.25) is 0 Å². The first-order valence-electron chi connectivity index (χ1n) is 6.14. The van der Waals surface area contributed by atoms with Crippen LogP contribution in [0.15, 0.2) is 24.3 Å². The second-order valence-corrected chi connectivity index (χ2v) is 5.08. The molecule has 0 bridgehead atoms. The highest BCUT2D eigenvalue weighted by Crippen LogP contribution is 2.37. The van der Waals surface area contributed by atoms with Crippen molar-refractivity contribution in [2.75, 3.05) is 13.1 Å². The highest BCUT2D eigenvalue weighted by atomic mass is 19.1. The monoisotopic (exact) mass is 221 g/mol. The number of hydrogen-bond donors (Lipinski definition) is 1. The Kier molecular flexibility index (Phi) is 3.29. The lowest BCUT2D eigenvalue weighted by Gasteiger charge is -2.45. The molecular weight excluding hydrogens is 201 g/mol. The van der Waals surface area contributed by atoms with E-state index in [0.29, 0.717) is 5.92 Å². The molecule has 1 aliphatic heterocycles. The lowest BCUT2D eigenvalue weighted by Crippen LogP contribution is -2.57. The van der Waals surface area contributed by atoms with Crippen molar-refractivity contribution in [2.24, 2.45) is 5.92 Å². The van der Waals surface area contributed by atoms with Crippen LogP contribution in [0.3, 0.4) is 0 Å². The molecule has 1 aromatic carbocycles. The third-order valence-electron chi connectivity index (χ3n) is 3.81. The van der Waals surface area contributed by atoms with Crippen molar-refractivity contribution in [1.82, 2.24) is 5.32 Å². The molecule has 0 radical (unpaired) electrons. The molecule has 1 aromatic rings. The van der Waals surface area contributed by atoms with Crippen molar-refractivity contribution < 1.29 is 4.39 Å². The molecule has 1 atom stereocenters. The van der Waals surface area contributed by atoms with Gasteiger partial charge in [0, 0.05) is 18.5 Å². The Morgan fingerprint density at radius 3 is 2.56 bits per heavy atom. The van der Waals surface area contributed by atoms with E-state index in [1.807, 2.05) is 12.1 Å². The summed E-state index contributed by atoms with van der Waals surface area (Å²) in [6.45, 7) is 6.28. The molecule has 0 spiro atoms. The standard InChI is InChI=1S/C14H20FN/c1-3-11(2)8-14(9-16-10-14)12-6-4-5-7-13(12)15/h4-7,11,16H,3,8-10H2,1-2H3. The van der Waals surface area contributed by atoms with E-state index in [2.05, 4.69) is 19.2 Å². The molecular formula is C14H20FN. The van der Waals surface area contributed by atoms with E-state index in [1.165, 1.54) is 0 Å². The molecule has 1 saturated heterocycles. The maximum atomic E-state index is 13.8.